The number of hydrogen-bond acceptors (Lipinski definition) is 5. The van der Waals surface area contributed by atoms with Crippen molar-refractivity contribution >= 4 is 40.3 Å². The molecule has 0 spiro atoms. The lowest BCUT2D eigenvalue weighted by Gasteiger charge is -2.13. The molecule has 2 amide bonds. The summed E-state index contributed by atoms with van der Waals surface area (Å²) in [7, 11) is 0. The summed E-state index contributed by atoms with van der Waals surface area (Å²) in [6, 6.07) is 13.3. The Labute approximate surface area is 156 Å². The summed E-state index contributed by atoms with van der Waals surface area (Å²) in [5.41, 5.74) is 0. The van der Waals surface area contributed by atoms with Gasteiger partial charge in [-0.15, -0.1) is 11.8 Å². The number of carbonyl (C=O) groups excluding carboxylic acids is 3. The number of benzene rings is 2. The number of rotatable bonds is 8. The van der Waals surface area contributed by atoms with Crippen molar-refractivity contribution in [3.63, 3.8) is 0 Å². The van der Waals surface area contributed by atoms with E-state index >= 15 is 0 Å². The zero-order chi connectivity index (χ0) is 18.9. The van der Waals surface area contributed by atoms with Crippen LogP contribution in [0.2, 0.25) is 0 Å². The number of hydrogen-bond donors (Lipinski definition) is 2. The SMILES string of the molecule is CCNC(=O)[C@@H](C)NC(=O)COC(=O)CSc1ccc2ccccc2c1. The molecule has 0 heterocycles. The van der Waals surface area contributed by atoms with Gasteiger partial charge in [-0.05, 0) is 36.8 Å². The summed E-state index contributed by atoms with van der Waals surface area (Å²) < 4.78 is 4.95. The monoisotopic (exact) mass is 374 g/mol. The fraction of sp³-hybridized carbons (Fsp3) is 0.316. The van der Waals surface area contributed by atoms with Crippen molar-refractivity contribution < 1.29 is 19.1 Å². The maximum absolute atomic E-state index is 11.8. The van der Waals surface area contributed by atoms with Crippen LogP contribution in [0.1, 0.15) is 13.8 Å². The maximum atomic E-state index is 11.8. The Morgan fingerprint density at radius 2 is 1.85 bits per heavy atom. The van der Waals surface area contributed by atoms with Gasteiger partial charge in [0.15, 0.2) is 6.61 Å². The highest BCUT2D eigenvalue weighted by Crippen LogP contribution is 2.23. The lowest BCUT2D eigenvalue weighted by Crippen LogP contribution is -2.46. The van der Waals surface area contributed by atoms with Gasteiger partial charge < -0.3 is 15.4 Å². The fourth-order valence-corrected chi connectivity index (χ4v) is 3.01. The molecule has 2 aromatic rings. The molecule has 7 heteroatoms. The maximum Gasteiger partial charge on any atom is 0.316 e. The molecule has 26 heavy (non-hydrogen) atoms. The molecule has 0 fully saturated rings. The Hall–Kier alpha value is -2.54. The minimum absolute atomic E-state index is 0.109. The summed E-state index contributed by atoms with van der Waals surface area (Å²) in [5.74, 6) is -1.16. The average Bonchev–Trinajstić information content (AvgIpc) is 2.64. The van der Waals surface area contributed by atoms with Crippen LogP contribution in [-0.2, 0) is 19.1 Å². The number of likely N-dealkylation sites (N-methyl/N-ethyl adjacent to an activating group) is 1. The number of ether oxygens (including phenoxy) is 1. The van der Waals surface area contributed by atoms with Crippen LogP contribution in [0, 0.1) is 0 Å². The van der Waals surface area contributed by atoms with Crippen molar-refractivity contribution in [2.75, 3.05) is 18.9 Å². The minimum atomic E-state index is -0.673. The van der Waals surface area contributed by atoms with Crippen molar-refractivity contribution in [1.82, 2.24) is 10.6 Å². The van der Waals surface area contributed by atoms with Crippen LogP contribution in [0.25, 0.3) is 10.8 Å². The predicted octanol–water partition coefficient (Wildman–Crippen LogP) is 2.12. The molecule has 0 aliphatic carbocycles. The lowest BCUT2D eigenvalue weighted by molar-refractivity contribution is -0.146. The van der Waals surface area contributed by atoms with Crippen molar-refractivity contribution in [2.45, 2.75) is 24.8 Å². The number of carbonyl (C=O) groups is 3. The van der Waals surface area contributed by atoms with Crippen molar-refractivity contribution in [2.24, 2.45) is 0 Å². The third-order valence-corrected chi connectivity index (χ3v) is 4.53. The number of thioether (sulfide) groups is 1. The molecular formula is C19H22N2O4S. The van der Waals surface area contributed by atoms with Gasteiger partial charge in [-0.2, -0.15) is 0 Å². The molecule has 2 rings (SSSR count). The topological polar surface area (TPSA) is 84.5 Å². The molecule has 138 valence electrons. The summed E-state index contributed by atoms with van der Waals surface area (Å²) >= 11 is 1.35. The first-order valence-corrected chi connectivity index (χ1v) is 9.32. The van der Waals surface area contributed by atoms with Crippen LogP contribution in [-0.4, -0.2) is 42.7 Å². The molecule has 0 unspecified atom stereocenters. The molecule has 0 saturated heterocycles. The van der Waals surface area contributed by atoms with E-state index in [2.05, 4.69) is 10.6 Å². The highest BCUT2D eigenvalue weighted by atomic mass is 32.2. The van der Waals surface area contributed by atoms with E-state index in [1.54, 1.807) is 13.8 Å². The molecule has 6 nitrogen and oxygen atoms in total. The highest BCUT2D eigenvalue weighted by Gasteiger charge is 2.15. The van der Waals surface area contributed by atoms with Crippen LogP contribution in [0.5, 0.6) is 0 Å². The molecule has 0 aliphatic rings. The highest BCUT2D eigenvalue weighted by molar-refractivity contribution is 8.00. The molecule has 0 aliphatic heterocycles. The van der Waals surface area contributed by atoms with E-state index in [0.717, 1.165) is 15.7 Å². The number of nitrogens with one attached hydrogen (secondary N) is 2. The van der Waals surface area contributed by atoms with Gasteiger partial charge in [0, 0.05) is 11.4 Å². The van der Waals surface area contributed by atoms with Crippen molar-refractivity contribution in [3.8, 4) is 0 Å². The molecule has 0 bridgehead atoms. The van der Waals surface area contributed by atoms with E-state index in [1.165, 1.54) is 11.8 Å². The second-order valence-corrected chi connectivity index (χ2v) is 6.69. The summed E-state index contributed by atoms with van der Waals surface area (Å²) in [6.45, 7) is 3.45. The Kier molecular flexibility index (Phi) is 7.47. The minimum Gasteiger partial charge on any atom is -0.455 e. The van der Waals surface area contributed by atoms with Gasteiger partial charge in [0.25, 0.3) is 5.91 Å². The molecule has 2 aromatic carbocycles. The van der Waals surface area contributed by atoms with Gasteiger partial charge >= 0.3 is 5.97 Å². The van der Waals surface area contributed by atoms with E-state index in [1.807, 2.05) is 42.5 Å². The molecule has 1 atom stereocenters. The van der Waals surface area contributed by atoms with Gasteiger partial charge in [0.1, 0.15) is 6.04 Å². The van der Waals surface area contributed by atoms with Crippen molar-refractivity contribution in [3.05, 3.63) is 42.5 Å². The molecular weight excluding hydrogens is 352 g/mol. The largest absolute Gasteiger partial charge is 0.455 e. The first-order chi connectivity index (χ1) is 12.5. The predicted molar refractivity (Wildman–Crippen MR) is 102 cm³/mol. The average molecular weight is 374 g/mol. The standard InChI is InChI=1S/C19H22N2O4S/c1-3-20-19(24)13(2)21-17(22)11-25-18(23)12-26-16-9-8-14-6-4-5-7-15(14)10-16/h4-10,13H,3,11-12H2,1-2H3,(H,20,24)(H,21,22)/t13-/m1/s1. The zero-order valence-corrected chi connectivity index (χ0v) is 15.6. The Balaban J connectivity index is 1.74. The van der Waals surface area contributed by atoms with Crippen LogP contribution in [0.15, 0.2) is 47.4 Å². The number of esters is 1. The molecule has 0 saturated carbocycles. The van der Waals surface area contributed by atoms with Crippen LogP contribution < -0.4 is 10.6 Å². The smallest absolute Gasteiger partial charge is 0.316 e. The van der Waals surface area contributed by atoms with Crippen LogP contribution >= 0.6 is 11.8 Å². The first-order valence-electron chi connectivity index (χ1n) is 8.34. The molecule has 2 N–H and O–H groups in total. The summed E-state index contributed by atoms with van der Waals surface area (Å²) in [6.07, 6.45) is 0. The van der Waals surface area contributed by atoms with E-state index in [9.17, 15) is 14.4 Å². The second-order valence-electron chi connectivity index (χ2n) is 5.64. The molecule has 0 aromatic heterocycles. The quantitative estimate of drug-likeness (QED) is 0.546. The Bertz CT molecular complexity index is 794. The van der Waals surface area contributed by atoms with E-state index < -0.39 is 24.5 Å². The van der Waals surface area contributed by atoms with Gasteiger partial charge in [0.05, 0.1) is 5.75 Å². The fourth-order valence-electron chi connectivity index (χ4n) is 2.26. The number of amides is 2. The first kappa shape index (κ1) is 19.8. The van der Waals surface area contributed by atoms with Gasteiger partial charge in [-0.3, -0.25) is 14.4 Å². The van der Waals surface area contributed by atoms with Crippen molar-refractivity contribution in [1.29, 1.82) is 0 Å². The van der Waals surface area contributed by atoms with Gasteiger partial charge in [-0.1, -0.05) is 30.3 Å². The van der Waals surface area contributed by atoms with Crippen LogP contribution in [0.4, 0.5) is 0 Å². The molecule has 0 radical (unpaired) electrons. The van der Waals surface area contributed by atoms with Gasteiger partial charge in [-0.25, -0.2) is 0 Å². The Morgan fingerprint density at radius 1 is 1.12 bits per heavy atom. The third kappa shape index (κ3) is 6.07. The second kappa shape index (κ2) is 9.82. The lowest BCUT2D eigenvalue weighted by atomic mass is 10.1. The van der Waals surface area contributed by atoms with Gasteiger partial charge in [0.2, 0.25) is 5.91 Å². The summed E-state index contributed by atoms with van der Waals surface area (Å²) in [4.78, 5) is 36.0. The third-order valence-electron chi connectivity index (χ3n) is 3.56. The summed E-state index contributed by atoms with van der Waals surface area (Å²) in [5, 5.41) is 7.32. The van der Waals surface area contributed by atoms with Crippen LogP contribution in [0.3, 0.4) is 0 Å². The van der Waals surface area contributed by atoms with E-state index in [4.69, 9.17) is 4.74 Å². The Morgan fingerprint density at radius 3 is 2.58 bits per heavy atom. The van der Waals surface area contributed by atoms with E-state index in [-0.39, 0.29) is 11.7 Å². The normalized spacial score (nSPS) is 11.6. The zero-order valence-electron chi connectivity index (χ0n) is 14.8. The number of fused-ring (bicyclic) bond motifs is 1. The van der Waals surface area contributed by atoms with E-state index in [0.29, 0.717) is 6.54 Å².